The standard InChI is InChI=1S/C12H16ClN3OS/c1-8-9(6-15-16(8)2)5-14-7-10(17)11-3-4-12(13)18-11/h3-4,6,10,14,17H,5,7H2,1-2H3. The molecule has 98 valence electrons. The fourth-order valence-electron chi connectivity index (χ4n) is 1.67. The lowest BCUT2D eigenvalue weighted by molar-refractivity contribution is 0.178. The molecule has 2 heterocycles. The van der Waals surface area contributed by atoms with Gasteiger partial charge in [0, 0.05) is 36.3 Å². The minimum absolute atomic E-state index is 0.505. The van der Waals surface area contributed by atoms with Gasteiger partial charge in [0.1, 0.15) is 6.10 Å². The lowest BCUT2D eigenvalue weighted by atomic mass is 10.2. The SMILES string of the molecule is Cc1c(CNCC(O)c2ccc(Cl)s2)cnn1C. The van der Waals surface area contributed by atoms with Crippen LogP contribution in [-0.4, -0.2) is 21.4 Å². The second-order valence-corrected chi connectivity index (χ2v) is 5.91. The number of aliphatic hydroxyl groups is 1. The molecule has 0 aromatic carbocycles. The maximum absolute atomic E-state index is 9.95. The van der Waals surface area contributed by atoms with Crippen molar-refractivity contribution in [2.45, 2.75) is 19.6 Å². The molecule has 0 saturated carbocycles. The molecule has 0 aliphatic rings. The molecule has 2 aromatic heterocycles. The van der Waals surface area contributed by atoms with Crippen molar-refractivity contribution < 1.29 is 5.11 Å². The Balaban J connectivity index is 1.84. The quantitative estimate of drug-likeness (QED) is 0.886. The summed E-state index contributed by atoms with van der Waals surface area (Å²) in [7, 11) is 1.92. The molecule has 0 spiro atoms. The van der Waals surface area contributed by atoms with Gasteiger partial charge in [-0.25, -0.2) is 0 Å². The lowest BCUT2D eigenvalue weighted by Gasteiger charge is -2.09. The average molecular weight is 286 g/mol. The minimum Gasteiger partial charge on any atom is -0.386 e. The molecule has 0 aliphatic carbocycles. The van der Waals surface area contributed by atoms with Crippen molar-refractivity contribution in [3.63, 3.8) is 0 Å². The van der Waals surface area contributed by atoms with Gasteiger partial charge >= 0.3 is 0 Å². The van der Waals surface area contributed by atoms with E-state index < -0.39 is 6.10 Å². The Labute approximate surface area is 115 Å². The zero-order chi connectivity index (χ0) is 13.1. The van der Waals surface area contributed by atoms with Gasteiger partial charge in [-0.1, -0.05) is 11.6 Å². The molecule has 2 rings (SSSR count). The molecular weight excluding hydrogens is 270 g/mol. The molecule has 0 saturated heterocycles. The van der Waals surface area contributed by atoms with Crippen molar-refractivity contribution in [1.29, 1.82) is 0 Å². The first kappa shape index (κ1) is 13.5. The topological polar surface area (TPSA) is 50.1 Å². The number of thiophene rings is 1. The van der Waals surface area contributed by atoms with Crippen LogP contribution in [0.5, 0.6) is 0 Å². The van der Waals surface area contributed by atoms with Crippen molar-refractivity contribution in [3.8, 4) is 0 Å². The maximum atomic E-state index is 9.95. The summed E-state index contributed by atoms with van der Waals surface area (Å²) < 4.78 is 2.54. The van der Waals surface area contributed by atoms with Crippen LogP contribution in [-0.2, 0) is 13.6 Å². The highest BCUT2D eigenvalue weighted by Crippen LogP contribution is 2.26. The lowest BCUT2D eigenvalue weighted by Crippen LogP contribution is -2.20. The largest absolute Gasteiger partial charge is 0.386 e. The van der Waals surface area contributed by atoms with Crippen LogP contribution in [0.3, 0.4) is 0 Å². The number of aryl methyl sites for hydroxylation is 1. The Morgan fingerprint density at radius 3 is 2.89 bits per heavy atom. The summed E-state index contributed by atoms with van der Waals surface area (Å²) in [6.07, 6.45) is 1.33. The van der Waals surface area contributed by atoms with E-state index >= 15 is 0 Å². The number of aromatic nitrogens is 2. The summed E-state index contributed by atoms with van der Waals surface area (Å²) in [4.78, 5) is 0.885. The monoisotopic (exact) mass is 285 g/mol. The zero-order valence-electron chi connectivity index (χ0n) is 10.4. The van der Waals surface area contributed by atoms with Crippen LogP contribution in [0, 0.1) is 6.92 Å². The zero-order valence-corrected chi connectivity index (χ0v) is 11.9. The van der Waals surface area contributed by atoms with Gasteiger partial charge in [-0.05, 0) is 19.1 Å². The Morgan fingerprint density at radius 1 is 1.56 bits per heavy atom. The summed E-state index contributed by atoms with van der Waals surface area (Å²) in [6, 6.07) is 3.66. The molecule has 4 nitrogen and oxygen atoms in total. The van der Waals surface area contributed by atoms with Gasteiger partial charge in [0.05, 0.1) is 10.5 Å². The fourth-order valence-corrected chi connectivity index (χ4v) is 2.72. The summed E-state index contributed by atoms with van der Waals surface area (Å²) >= 11 is 7.24. The van der Waals surface area contributed by atoms with Crippen LogP contribution in [0.1, 0.15) is 22.2 Å². The first-order valence-electron chi connectivity index (χ1n) is 5.69. The highest BCUT2D eigenvalue weighted by molar-refractivity contribution is 7.16. The van der Waals surface area contributed by atoms with E-state index in [4.69, 9.17) is 11.6 Å². The van der Waals surface area contributed by atoms with E-state index in [2.05, 4.69) is 10.4 Å². The normalized spacial score (nSPS) is 12.9. The number of aliphatic hydroxyl groups excluding tert-OH is 1. The van der Waals surface area contributed by atoms with Crippen LogP contribution in [0.15, 0.2) is 18.3 Å². The molecule has 0 radical (unpaired) electrons. The van der Waals surface area contributed by atoms with E-state index in [-0.39, 0.29) is 0 Å². The summed E-state index contributed by atoms with van der Waals surface area (Å²) in [5.41, 5.74) is 2.28. The number of nitrogens with zero attached hydrogens (tertiary/aromatic N) is 2. The number of hydrogen-bond acceptors (Lipinski definition) is 4. The predicted octanol–water partition coefficient (Wildman–Crippen LogP) is 2.27. The molecule has 18 heavy (non-hydrogen) atoms. The second kappa shape index (κ2) is 5.84. The van der Waals surface area contributed by atoms with Crippen LogP contribution in [0.2, 0.25) is 4.34 Å². The number of rotatable bonds is 5. The van der Waals surface area contributed by atoms with Gasteiger partial charge in [0.15, 0.2) is 0 Å². The highest BCUT2D eigenvalue weighted by atomic mass is 35.5. The molecule has 0 amide bonds. The van der Waals surface area contributed by atoms with Crippen LogP contribution >= 0.6 is 22.9 Å². The molecule has 0 bridgehead atoms. The Hall–Kier alpha value is -0.880. The van der Waals surface area contributed by atoms with Crippen molar-refractivity contribution in [1.82, 2.24) is 15.1 Å². The van der Waals surface area contributed by atoms with Gasteiger partial charge in [-0.15, -0.1) is 11.3 Å². The first-order chi connectivity index (χ1) is 8.58. The van der Waals surface area contributed by atoms with E-state index in [1.54, 1.807) is 6.07 Å². The Bertz CT molecular complexity index is 523. The van der Waals surface area contributed by atoms with E-state index in [1.165, 1.54) is 11.3 Å². The summed E-state index contributed by atoms with van der Waals surface area (Å²) in [5, 5.41) is 17.4. The molecule has 1 atom stereocenters. The van der Waals surface area contributed by atoms with Gasteiger partial charge in [-0.2, -0.15) is 5.10 Å². The van der Waals surface area contributed by atoms with E-state index in [0.717, 1.165) is 16.1 Å². The Kier molecular flexibility index (Phi) is 4.40. The van der Waals surface area contributed by atoms with Crippen molar-refractivity contribution in [3.05, 3.63) is 38.8 Å². The molecule has 0 fully saturated rings. The van der Waals surface area contributed by atoms with Crippen LogP contribution in [0.4, 0.5) is 0 Å². The Morgan fingerprint density at radius 2 is 2.33 bits per heavy atom. The van der Waals surface area contributed by atoms with Gasteiger partial charge in [-0.3, -0.25) is 4.68 Å². The van der Waals surface area contributed by atoms with Gasteiger partial charge in [0.25, 0.3) is 0 Å². The molecular formula is C12H16ClN3OS. The maximum Gasteiger partial charge on any atom is 0.101 e. The molecule has 2 aromatic rings. The number of halogens is 1. The number of hydrogen-bond donors (Lipinski definition) is 2. The van der Waals surface area contributed by atoms with E-state index in [9.17, 15) is 5.11 Å². The van der Waals surface area contributed by atoms with Gasteiger partial charge < -0.3 is 10.4 Å². The third kappa shape index (κ3) is 3.11. The third-order valence-electron chi connectivity index (χ3n) is 2.91. The van der Waals surface area contributed by atoms with E-state index in [1.807, 2.05) is 30.9 Å². The van der Waals surface area contributed by atoms with Crippen LogP contribution < -0.4 is 5.32 Å². The molecule has 1 unspecified atom stereocenters. The first-order valence-corrected chi connectivity index (χ1v) is 6.89. The average Bonchev–Trinajstić information content (AvgIpc) is 2.90. The highest BCUT2D eigenvalue weighted by Gasteiger charge is 2.10. The summed E-state index contributed by atoms with van der Waals surface area (Å²) in [5.74, 6) is 0. The van der Waals surface area contributed by atoms with Crippen molar-refractivity contribution in [2.75, 3.05) is 6.54 Å². The van der Waals surface area contributed by atoms with E-state index in [0.29, 0.717) is 17.4 Å². The van der Waals surface area contributed by atoms with Gasteiger partial charge in [0.2, 0.25) is 0 Å². The predicted molar refractivity (Wildman–Crippen MR) is 73.9 cm³/mol. The van der Waals surface area contributed by atoms with Crippen LogP contribution in [0.25, 0.3) is 0 Å². The number of nitrogens with one attached hydrogen (secondary N) is 1. The minimum atomic E-state index is -0.514. The van der Waals surface area contributed by atoms with Crippen molar-refractivity contribution in [2.24, 2.45) is 7.05 Å². The summed E-state index contributed by atoms with van der Waals surface area (Å²) in [6.45, 7) is 3.24. The smallest absolute Gasteiger partial charge is 0.101 e. The molecule has 0 aliphatic heterocycles. The fraction of sp³-hybridized carbons (Fsp3) is 0.417. The molecule has 6 heteroatoms. The van der Waals surface area contributed by atoms with Crippen molar-refractivity contribution >= 4 is 22.9 Å². The molecule has 2 N–H and O–H groups in total. The third-order valence-corrected chi connectivity index (χ3v) is 4.24. The second-order valence-electron chi connectivity index (χ2n) is 4.17.